The number of likely N-dealkylation sites (N-methyl/N-ethyl adjacent to an activating group) is 1. The average Bonchev–Trinajstić information content (AvgIpc) is 3.01. The van der Waals surface area contributed by atoms with E-state index in [-0.39, 0.29) is 24.1 Å². The summed E-state index contributed by atoms with van der Waals surface area (Å²) in [6.07, 6.45) is 0. The molecule has 1 aromatic heterocycles. The summed E-state index contributed by atoms with van der Waals surface area (Å²) in [5.74, 6) is -0.347. The summed E-state index contributed by atoms with van der Waals surface area (Å²) in [6.45, 7) is 4.32. The molecule has 0 saturated carbocycles. The lowest BCUT2D eigenvalue weighted by Crippen LogP contribution is -2.40. The maximum Gasteiger partial charge on any atom is 0.290 e. The molecule has 1 N–H and O–H groups in total. The highest BCUT2D eigenvalue weighted by Gasteiger charge is 2.24. The van der Waals surface area contributed by atoms with Gasteiger partial charge in [-0.25, -0.2) is 0 Å². The molecule has 0 fully saturated rings. The minimum Gasteiger partial charge on any atom is -0.451 e. The first-order chi connectivity index (χ1) is 13.4. The van der Waals surface area contributed by atoms with Crippen molar-refractivity contribution in [2.75, 3.05) is 13.1 Å². The number of amides is 2. The average molecular weight is 419 g/mol. The van der Waals surface area contributed by atoms with Crippen LogP contribution in [0.3, 0.4) is 0 Å². The van der Waals surface area contributed by atoms with Gasteiger partial charge in [0.15, 0.2) is 5.76 Å². The highest BCUT2D eigenvalue weighted by molar-refractivity contribution is 6.31. The second-order valence-corrected chi connectivity index (χ2v) is 7.29. The molecule has 0 aliphatic carbocycles. The zero-order valence-corrected chi connectivity index (χ0v) is 17.1. The molecule has 1 heterocycles. The molecular formula is C21H20Cl2N2O3. The van der Waals surface area contributed by atoms with Gasteiger partial charge >= 0.3 is 0 Å². The van der Waals surface area contributed by atoms with E-state index in [9.17, 15) is 9.59 Å². The SMILES string of the molecule is CCN(CC(=O)NCc1ccc(Cl)cc1)C(=O)c1oc2ccc(Cl)cc2c1C. The van der Waals surface area contributed by atoms with Gasteiger partial charge < -0.3 is 14.6 Å². The molecule has 0 aliphatic heterocycles. The predicted molar refractivity (Wildman–Crippen MR) is 111 cm³/mol. The Balaban J connectivity index is 1.68. The number of halogens is 2. The maximum absolute atomic E-state index is 12.9. The number of carbonyl (C=O) groups excluding carboxylic acids is 2. The van der Waals surface area contributed by atoms with Crippen LogP contribution in [0.5, 0.6) is 0 Å². The summed E-state index contributed by atoms with van der Waals surface area (Å²) in [5, 5.41) is 4.82. The molecule has 2 amide bonds. The number of nitrogens with zero attached hydrogens (tertiary/aromatic N) is 1. The molecule has 0 radical (unpaired) electrons. The number of nitrogens with one attached hydrogen (secondary N) is 1. The summed E-state index contributed by atoms with van der Waals surface area (Å²) in [4.78, 5) is 26.7. The lowest BCUT2D eigenvalue weighted by molar-refractivity contribution is -0.121. The Morgan fingerprint density at radius 2 is 1.75 bits per heavy atom. The molecule has 5 nitrogen and oxygen atoms in total. The van der Waals surface area contributed by atoms with Crippen molar-refractivity contribution in [2.24, 2.45) is 0 Å². The van der Waals surface area contributed by atoms with E-state index in [1.165, 1.54) is 4.90 Å². The molecule has 0 atom stereocenters. The topological polar surface area (TPSA) is 62.6 Å². The fourth-order valence-corrected chi connectivity index (χ4v) is 3.20. The second kappa shape index (κ2) is 8.67. The minimum absolute atomic E-state index is 0.0554. The van der Waals surface area contributed by atoms with Crippen molar-refractivity contribution in [1.29, 1.82) is 0 Å². The lowest BCUT2D eigenvalue weighted by Gasteiger charge is -2.19. The maximum atomic E-state index is 12.9. The Morgan fingerprint density at radius 1 is 1.07 bits per heavy atom. The number of aryl methyl sites for hydroxylation is 1. The third-order valence-electron chi connectivity index (χ3n) is 4.50. The molecule has 0 saturated heterocycles. The van der Waals surface area contributed by atoms with Crippen molar-refractivity contribution >= 4 is 46.0 Å². The summed E-state index contributed by atoms with van der Waals surface area (Å²) in [5.41, 5.74) is 2.23. The Kier molecular flexibility index (Phi) is 6.27. The summed E-state index contributed by atoms with van der Waals surface area (Å²) < 4.78 is 5.73. The van der Waals surface area contributed by atoms with Gasteiger partial charge in [0.05, 0.1) is 6.54 Å². The van der Waals surface area contributed by atoms with Crippen LogP contribution in [0, 0.1) is 6.92 Å². The van der Waals surface area contributed by atoms with Crippen molar-refractivity contribution < 1.29 is 14.0 Å². The van der Waals surface area contributed by atoms with Gasteiger partial charge in [0, 0.05) is 34.1 Å². The lowest BCUT2D eigenvalue weighted by atomic mass is 10.1. The fourth-order valence-electron chi connectivity index (χ4n) is 2.90. The normalized spacial score (nSPS) is 10.9. The number of fused-ring (bicyclic) bond motifs is 1. The van der Waals surface area contributed by atoms with E-state index in [0.717, 1.165) is 10.9 Å². The molecule has 2 aromatic carbocycles. The van der Waals surface area contributed by atoms with E-state index in [0.29, 0.717) is 34.3 Å². The first-order valence-electron chi connectivity index (χ1n) is 8.88. The smallest absolute Gasteiger partial charge is 0.290 e. The van der Waals surface area contributed by atoms with Gasteiger partial charge in [0.2, 0.25) is 5.91 Å². The van der Waals surface area contributed by atoms with Crippen LogP contribution in [0.1, 0.15) is 28.6 Å². The van der Waals surface area contributed by atoms with E-state index in [4.69, 9.17) is 27.6 Å². The number of furan rings is 1. The number of rotatable bonds is 6. The van der Waals surface area contributed by atoms with Gasteiger partial charge in [-0.15, -0.1) is 0 Å². The number of hydrogen-bond donors (Lipinski definition) is 1. The highest BCUT2D eigenvalue weighted by Crippen LogP contribution is 2.28. The zero-order chi connectivity index (χ0) is 20.3. The Morgan fingerprint density at radius 3 is 2.43 bits per heavy atom. The summed E-state index contributed by atoms with van der Waals surface area (Å²) in [7, 11) is 0. The largest absolute Gasteiger partial charge is 0.451 e. The highest BCUT2D eigenvalue weighted by atomic mass is 35.5. The van der Waals surface area contributed by atoms with Crippen LogP contribution in [0.4, 0.5) is 0 Å². The molecule has 3 rings (SSSR count). The Hall–Kier alpha value is -2.50. The number of hydrogen-bond acceptors (Lipinski definition) is 3. The van der Waals surface area contributed by atoms with E-state index in [2.05, 4.69) is 5.32 Å². The molecule has 0 aliphatic rings. The van der Waals surface area contributed by atoms with Crippen LogP contribution in [0.25, 0.3) is 11.0 Å². The minimum atomic E-state index is -0.325. The van der Waals surface area contributed by atoms with Gasteiger partial charge in [0.1, 0.15) is 5.58 Å². The standard InChI is InChI=1S/C21H20Cl2N2O3/c1-3-25(12-19(26)24-11-14-4-6-15(22)7-5-14)21(27)20-13(2)17-10-16(23)8-9-18(17)28-20/h4-10H,3,11-12H2,1-2H3,(H,24,26). The summed E-state index contributed by atoms with van der Waals surface area (Å²) in [6, 6.07) is 12.4. The van der Waals surface area contributed by atoms with Crippen molar-refractivity contribution in [3.05, 3.63) is 69.4 Å². The van der Waals surface area contributed by atoms with Crippen LogP contribution < -0.4 is 5.32 Å². The molecule has 146 valence electrons. The van der Waals surface area contributed by atoms with Crippen LogP contribution in [-0.2, 0) is 11.3 Å². The Labute approximate surface area is 173 Å². The molecule has 0 spiro atoms. The van der Waals surface area contributed by atoms with Gasteiger partial charge in [-0.1, -0.05) is 35.3 Å². The van der Waals surface area contributed by atoms with Crippen molar-refractivity contribution in [3.63, 3.8) is 0 Å². The van der Waals surface area contributed by atoms with Crippen LogP contribution in [0.15, 0.2) is 46.9 Å². The monoisotopic (exact) mass is 418 g/mol. The molecule has 3 aromatic rings. The van der Waals surface area contributed by atoms with E-state index in [1.54, 1.807) is 30.3 Å². The van der Waals surface area contributed by atoms with Crippen molar-refractivity contribution in [2.45, 2.75) is 20.4 Å². The number of benzene rings is 2. The van der Waals surface area contributed by atoms with E-state index in [1.807, 2.05) is 26.0 Å². The Bertz CT molecular complexity index is 1010. The zero-order valence-electron chi connectivity index (χ0n) is 15.6. The van der Waals surface area contributed by atoms with Crippen molar-refractivity contribution in [1.82, 2.24) is 10.2 Å². The molecule has 0 bridgehead atoms. The van der Waals surface area contributed by atoms with Crippen LogP contribution in [-0.4, -0.2) is 29.8 Å². The van der Waals surface area contributed by atoms with Crippen molar-refractivity contribution in [3.8, 4) is 0 Å². The third-order valence-corrected chi connectivity index (χ3v) is 4.99. The van der Waals surface area contributed by atoms with E-state index < -0.39 is 0 Å². The molecule has 28 heavy (non-hydrogen) atoms. The molecule has 7 heteroatoms. The van der Waals surface area contributed by atoms with Crippen LogP contribution in [0.2, 0.25) is 10.0 Å². The van der Waals surface area contributed by atoms with E-state index >= 15 is 0 Å². The third kappa shape index (κ3) is 4.49. The second-order valence-electron chi connectivity index (χ2n) is 6.42. The van der Waals surface area contributed by atoms with Gasteiger partial charge in [-0.05, 0) is 49.7 Å². The summed E-state index contributed by atoms with van der Waals surface area (Å²) >= 11 is 11.9. The molecule has 0 unspecified atom stereocenters. The van der Waals surface area contributed by atoms with Gasteiger partial charge in [0.25, 0.3) is 5.91 Å². The number of carbonyl (C=O) groups is 2. The predicted octanol–water partition coefficient (Wildman–Crippen LogP) is 4.83. The first kappa shape index (κ1) is 20.2. The quantitative estimate of drug-likeness (QED) is 0.623. The van der Waals surface area contributed by atoms with Crippen LogP contribution >= 0.6 is 23.2 Å². The first-order valence-corrected chi connectivity index (χ1v) is 9.63. The van der Waals surface area contributed by atoms with Gasteiger partial charge in [-0.2, -0.15) is 0 Å². The molecular weight excluding hydrogens is 399 g/mol. The van der Waals surface area contributed by atoms with Gasteiger partial charge in [-0.3, -0.25) is 9.59 Å². The fraction of sp³-hybridized carbons (Fsp3) is 0.238.